The van der Waals surface area contributed by atoms with Crippen LogP contribution >= 0.6 is 7.92 Å². The van der Waals surface area contributed by atoms with Crippen molar-refractivity contribution in [3.8, 4) is 0 Å². The Labute approximate surface area is 113 Å². The lowest BCUT2D eigenvalue weighted by molar-refractivity contribution is 0.102. The molecule has 1 aromatic rings. The summed E-state index contributed by atoms with van der Waals surface area (Å²) in [5.41, 5.74) is 0.846. The predicted molar refractivity (Wildman–Crippen MR) is 82.1 cm³/mol. The van der Waals surface area contributed by atoms with Gasteiger partial charge in [-0.25, -0.2) is 0 Å². The third-order valence-electron chi connectivity index (χ3n) is 3.02. The number of hydrogen-bond acceptors (Lipinski definition) is 1. The van der Waals surface area contributed by atoms with Gasteiger partial charge in [0.15, 0.2) is 5.78 Å². The first-order chi connectivity index (χ1) is 8.12. The normalized spacial score (nSPS) is 12.8. The lowest BCUT2D eigenvalue weighted by atomic mass is 10.1. The molecule has 18 heavy (non-hydrogen) atoms. The molecule has 0 aliphatic rings. The summed E-state index contributed by atoms with van der Waals surface area (Å²) in [5.74, 6) is 0.284. The molecule has 0 unspecified atom stereocenters. The first kappa shape index (κ1) is 15.4. The van der Waals surface area contributed by atoms with Crippen molar-refractivity contribution in [3.05, 3.63) is 35.9 Å². The Morgan fingerprint density at radius 2 is 1.39 bits per heavy atom. The third kappa shape index (κ3) is 4.21. The highest BCUT2D eigenvalue weighted by Crippen LogP contribution is 2.59. The van der Waals surface area contributed by atoms with Crippen LogP contribution in [0.3, 0.4) is 0 Å². The van der Waals surface area contributed by atoms with Gasteiger partial charge in [0.25, 0.3) is 0 Å². The maximum Gasteiger partial charge on any atom is 0.167 e. The minimum atomic E-state index is -0.355. The van der Waals surface area contributed by atoms with Crippen molar-refractivity contribution in [2.45, 2.75) is 51.9 Å². The number of benzene rings is 1. The molecule has 0 saturated carbocycles. The summed E-state index contributed by atoms with van der Waals surface area (Å²) < 4.78 is 0. The van der Waals surface area contributed by atoms with Crippen LogP contribution in [0.4, 0.5) is 0 Å². The van der Waals surface area contributed by atoms with Gasteiger partial charge in [0.05, 0.1) is 0 Å². The minimum absolute atomic E-state index is 0.206. The van der Waals surface area contributed by atoms with E-state index >= 15 is 0 Å². The Balaban J connectivity index is 2.90. The topological polar surface area (TPSA) is 17.1 Å². The number of carbonyl (C=O) groups excluding carboxylic acids is 1. The molecule has 0 spiro atoms. The summed E-state index contributed by atoms with van der Waals surface area (Å²) in [6.45, 7) is 13.5. The quantitative estimate of drug-likeness (QED) is 0.557. The van der Waals surface area contributed by atoms with Gasteiger partial charge < -0.3 is 0 Å². The van der Waals surface area contributed by atoms with E-state index in [0.29, 0.717) is 6.16 Å². The Bertz CT molecular complexity index is 381. The van der Waals surface area contributed by atoms with Gasteiger partial charge in [0.1, 0.15) is 0 Å². The Kier molecular flexibility index (Phi) is 4.72. The van der Waals surface area contributed by atoms with Crippen molar-refractivity contribution in [2.75, 3.05) is 6.16 Å². The lowest BCUT2D eigenvalue weighted by Crippen LogP contribution is -2.28. The standard InChI is InChI=1S/C16H25OP/c1-15(2,3)18(16(4,5)6)12-14(17)13-10-8-7-9-11-13/h7-11H,12H2,1-6H3. The highest BCUT2D eigenvalue weighted by molar-refractivity contribution is 7.61. The molecule has 0 aliphatic carbocycles. The third-order valence-corrected chi connectivity index (χ3v) is 6.86. The molecule has 0 aromatic heterocycles. The molecule has 0 aliphatic heterocycles. The molecule has 0 bridgehead atoms. The lowest BCUT2D eigenvalue weighted by Gasteiger charge is -2.41. The molecule has 100 valence electrons. The van der Waals surface area contributed by atoms with E-state index in [9.17, 15) is 4.79 Å². The molecular weight excluding hydrogens is 239 g/mol. The molecule has 1 aromatic carbocycles. The average Bonchev–Trinajstić information content (AvgIpc) is 2.23. The molecular formula is C16H25OP. The first-order valence-electron chi connectivity index (χ1n) is 6.48. The largest absolute Gasteiger partial charge is 0.294 e. The summed E-state index contributed by atoms with van der Waals surface area (Å²) in [4.78, 5) is 12.4. The van der Waals surface area contributed by atoms with Crippen LogP contribution in [-0.2, 0) is 0 Å². The molecule has 0 saturated heterocycles. The van der Waals surface area contributed by atoms with Crippen LogP contribution in [0.1, 0.15) is 51.9 Å². The van der Waals surface area contributed by atoms with Crippen LogP contribution in [0.5, 0.6) is 0 Å². The fourth-order valence-electron chi connectivity index (χ4n) is 2.34. The molecule has 1 rings (SSSR count). The highest BCUT2D eigenvalue weighted by atomic mass is 31.1. The molecule has 0 heterocycles. The van der Waals surface area contributed by atoms with Gasteiger partial charge >= 0.3 is 0 Å². The van der Waals surface area contributed by atoms with Crippen molar-refractivity contribution < 1.29 is 4.79 Å². The van der Waals surface area contributed by atoms with Gasteiger partial charge in [0.2, 0.25) is 0 Å². The van der Waals surface area contributed by atoms with E-state index in [4.69, 9.17) is 0 Å². The zero-order valence-corrected chi connectivity index (χ0v) is 13.3. The van der Waals surface area contributed by atoms with Gasteiger partial charge in [-0.05, 0) is 10.3 Å². The second kappa shape index (κ2) is 5.53. The summed E-state index contributed by atoms with van der Waals surface area (Å²) in [5, 5.41) is 0.413. The minimum Gasteiger partial charge on any atom is -0.294 e. The second-order valence-corrected chi connectivity index (χ2v) is 10.6. The van der Waals surface area contributed by atoms with Crippen LogP contribution < -0.4 is 0 Å². The predicted octanol–water partition coefficient (Wildman–Crippen LogP) is 4.95. The van der Waals surface area contributed by atoms with Gasteiger partial charge in [-0.1, -0.05) is 79.8 Å². The Morgan fingerprint density at radius 3 is 1.78 bits per heavy atom. The zero-order valence-electron chi connectivity index (χ0n) is 12.4. The smallest absolute Gasteiger partial charge is 0.167 e. The number of ketones is 1. The highest BCUT2D eigenvalue weighted by Gasteiger charge is 2.35. The van der Waals surface area contributed by atoms with Crippen LogP contribution in [0.2, 0.25) is 0 Å². The van der Waals surface area contributed by atoms with Gasteiger partial charge in [-0.2, -0.15) is 0 Å². The fraction of sp³-hybridized carbons (Fsp3) is 0.562. The molecule has 1 nitrogen and oxygen atoms in total. The van der Waals surface area contributed by atoms with E-state index < -0.39 is 0 Å². The van der Waals surface area contributed by atoms with Gasteiger partial charge in [-0.3, -0.25) is 4.79 Å². The maximum atomic E-state index is 12.4. The van der Waals surface area contributed by atoms with E-state index in [1.165, 1.54) is 0 Å². The maximum absolute atomic E-state index is 12.4. The van der Waals surface area contributed by atoms with E-state index in [0.717, 1.165) is 5.56 Å². The van der Waals surface area contributed by atoms with Crippen molar-refractivity contribution in [3.63, 3.8) is 0 Å². The Hall–Kier alpha value is -0.680. The van der Waals surface area contributed by atoms with E-state index in [-0.39, 0.29) is 24.0 Å². The van der Waals surface area contributed by atoms with Crippen molar-refractivity contribution in [1.29, 1.82) is 0 Å². The SMILES string of the molecule is CC(C)(C)P(CC(=O)c1ccccc1)C(C)(C)C. The number of hydrogen-bond donors (Lipinski definition) is 0. The average molecular weight is 264 g/mol. The summed E-state index contributed by atoms with van der Waals surface area (Å²) >= 11 is 0. The van der Waals surface area contributed by atoms with Crippen LogP contribution in [0, 0.1) is 0 Å². The number of rotatable bonds is 3. The number of carbonyl (C=O) groups is 1. The molecule has 0 N–H and O–H groups in total. The van der Waals surface area contributed by atoms with E-state index in [1.807, 2.05) is 30.3 Å². The van der Waals surface area contributed by atoms with Crippen LogP contribution in [0.25, 0.3) is 0 Å². The molecule has 0 amide bonds. The van der Waals surface area contributed by atoms with Crippen LogP contribution in [0.15, 0.2) is 30.3 Å². The zero-order chi connectivity index (χ0) is 14.0. The van der Waals surface area contributed by atoms with Gasteiger partial charge in [-0.15, -0.1) is 0 Å². The summed E-state index contributed by atoms with van der Waals surface area (Å²) in [6, 6.07) is 9.66. The Morgan fingerprint density at radius 1 is 0.944 bits per heavy atom. The van der Waals surface area contributed by atoms with Gasteiger partial charge in [0, 0.05) is 11.7 Å². The van der Waals surface area contributed by atoms with Crippen LogP contribution in [-0.4, -0.2) is 22.3 Å². The summed E-state index contributed by atoms with van der Waals surface area (Å²) in [7, 11) is -0.355. The molecule has 2 heteroatoms. The second-order valence-electron chi connectivity index (χ2n) is 6.72. The first-order valence-corrected chi connectivity index (χ1v) is 8.01. The van der Waals surface area contributed by atoms with Crippen molar-refractivity contribution >= 4 is 13.7 Å². The fourth-order valence-corrected chi connectivity index (χ4v) is 5.77. The number of Topliss-reactive ketones (excluding diaryl/α,β-unsaturated/α-hetero) is 1. The van der Waals surface area contributed by atoms with E-state index in [2.05, 4.69) is 41.5 Å². The molecule has 0 radical (unpaired) electrons. The molecule has 0 fully saturated rings. The van der Waals surface area contributed by atoms with Crippen molar-refractivity contribution in [1.82, 2.24) is 0 Å². The summed E-state index contributed by atoms with van der Waals surface area (Å²) in [6.07, 6.45) is 0.687. The monoisotopic (exact) mass is 264 g/mol. The molecule has 0 atom stereocenters. The van der Waals surface area contributed by atoms with E-state index in [1.54, 1.807) is 0 Å². The van der Waals surface area contributed by atoms with Crippen molar-refractivity contribution in [2.24, 2.45) is 0 Å².